The molecule has 1 aliphatic heterocycles. The van der Waals surface area contributed by atoms with E-state index in [2.05, 4.69) is 15.0 Å². The van der Waals surface area contributed by atoms with Gasteiger partial charge in [-0.25, -0.2) is 18.1 Å². The molecule has 0 aromatic heterocycles. The van der Waals surface area contributed by atoms with Crippen LogP contribution in [-0.4, -0.2) is 27.0 Å². The predicted octanol–water partition coefficient (Wildman–Crippen LogP) is 1.09. The lowest BCUT2D eigenvalue weighted by Gasteiger charge is -2.25. The van der Waals surface area contributed by atoms with E-state index < -0.39 is 10.0 Å². The molecule has 0 unspecified atom stereocenters. The van der Waals surface area contributed by atoms with Gasteiger partial charge in [-0.2, -0.15) is 0 Å². The van der Waals surface area contributed by atoms with Crippen molar-refractivity contribution < 1.29 is 8.42 Å². The fraction of sp³-hybridized carbons (Fsp3) is 0.462. The largest absolute Gasteiger partial charge is 0.355 e. The van der Waals surface area contributed by atoms with Crippen LogP contribution >= 0.6 is 0 Å². The Labute approximate surface area is 113 Å². The molecule has 1 fully saturated rings. The lowest BCUT2D eigenvalue weighted by atomic mass is 10.0. The van der Waals surface area contributed by atoms with Crippen LogP contribution in [0.5, 0.6) is 0 Å². The third-order valence-corrected chi connectivity index (χ3v) is 5.08. The van der Waals surface area contributed by atoms with Crippen LogP contribution in [0.1, 0.15) is 19.3 Å². The Balaban J connectivity index is 1.78. The van der Waals surface area contributed by atoms with Crippen LogP contribution in [0, 0.1) is 5.92 Å². The Morgan fingerprint density at radius 2 is 2.00 bits per heavy atom. The summed E-state index contributed by atoms with van der Waals surface area (Å²) in [6.45, 7) is 0.806. The number of aliphatic imine (C=N–C) groups is 1. The van der Waals surface area contributed by atoms with Crippen molar-refractivity contribution >= 4 is 16.0 Å². The van der Waals surface area contributed by atoms with Gasteiger partial charge in [0.2, 0.25) is 5.96 Å². The molecule has 0 saturated heterocycles. The molecule has 0 spiro atoms. The molecule has 0 radical (unpaired) electrons. The molecule has 1 aromatic carbocycles. The van der Waals surface area contributed by atoms with Crippen molar-refractivity contribution in [3.05, 3.63) is 30.3 Å². The van der Waals surface area contributed by atoms with Crippen LogP contribution < -0.4 is 10.0 Å². The Morgan fingerprint density at radius 3 is 2.79 bits per heavy atom. The summed E-state index contributed by atoms with van der Waals surface area (Å²) in [4.78, 5) is 4.73. The summed E-state index contributed by atoms with van der Waals surface area (Å²) >= 11 is 0. The van der Waals surface area contributed by atoms with E-state index in [1.807, 2.05) is 0 Å². The molecule has 2 aliphatic rings. The van der Waals surface area contributed by atoms with Crippen LogP contribution in [0.25, 0.3) is 0 Å². The van der Waals surface area contributed by atoms with E-state index in [1.165, 1.54) is 12.8 Å². The maximum Gasteiger partial charge on any atom is 0.264 e. The quantitative estimate of drug-likeness (QED) is 0.851. The third-order valence-electron chi connectivity index (χ3n) is 3.73. The number of rotatable bonds is 2. The average molecular weight is 279 g/mol. The van der Waals surface area contributed by atoms with E-state index in [0.29, 0.717) is 11.9 Å². The van der Waals surface area contributed by atoms with E-state index in [1.54, 1.807) is 30.3 Å². The van der Waals surface area contributed by atoms with Gasteiger partial charge in [0.1, 0.15) is 0 Å². The molecule has 19 heavy (non-hydrogen) atoms. The average Bonchev–Trinajstić information content (AvgIpc) is 2.87. The first-order valence-corrected chi connectivity index (χ1v) is 8.03. The number of nitrogens with one attached hydrogen (secondary N) is 2. The van der Waals surface area contributed by atoms with Gasteiger partial charge in [-0.05, 0) is 30.9 Å². The molecule has 1 aromatic rings. The summed E-state index contributed by atoms with van der Waals surface area (Å²) in [5.41, 5.74) is 0. The fourth-order valence-corrected chi connectivity index (χ4v) is 3.73. The van der Waals surface area contributed by atoms with Crippen LogP contribution in [0.15, 0.2) is 40.2 Å². The first kappa shape index (κ1) is 12.5. The van der Waals surface area contributed by atoms with Crippen molar-refractivity contribution in [3.8, 4) is 0 Å². The van der Waals surface area contributed by atoms with Gasteiger partial charge < -0.3 is 5.32 Å². The number of sulfonamides is 1. The van der Waals surface area contributed by atoms with Gasteiger partial charge in [-0.1, -0.05) is 24.6 Å². The molecule has 0 amide bonds. The second-order valence-electron chi connectivity index (χ2n) is 5.04. The summed E-state index contributed by atoms with van der Waals surface area (Å²) in [5.74, 6) is 0.942. The zero-order valence-corrected chi connectivity index (χ0v) is 11.4. The number of hydrogen-bond donors (Lipinski definition) is 2. The molecule has 5 nitrogen and oxygen atoms in total. The van der Waals surface area contributed by atoms with Crippen molar-refractivity contribution in [1.82, 2.24) is 10.0 Å². The highest BCUT2D eigenvalue weighted by atomic mass is 32.2. The molecule has 1 heterocycles. The summed E-state index contributed by atoms with van der Waals surface area (Å²) in [7, 11) is -3.53. The number of nitrogens with zero attached hydrogens (tertiary/aromatic N) is 1. The summed E-state index contributed by atoms with van der Waals surface area (Å²) in [6, 6.07) is 8.62. The van der Waals surface area contributed by atoms with E-state index in [9.17, 15) is 8.42 Å². The zero-order valence-electron chi connectivity index (χ0n) is 10.5. The van der Waals surface area contributed by atoms with Gasteiger partial charge in [0.25, 0.3) is 10.0 Å². The highest BCUT2D eigenvalue weighted by molar-refractivity contribution is 7.90. The molecule has 2 atom stereocenters. The molecular weight excluding hydrogens is 262 g/mol. The number of fused-ring (bicyclic) bond motifs is 1. The van der Waals surface area contributed by atoms with Crippen LogP contribution in [0.2, 0.25) is 0 Å². The molecule has 1 aliphatic carbocycles. The summed E-state index contributed by atoms with van der Waals surface area (Å²) in [6.07, 6.45) is 3.42. The molecule has 6 heteroatoms. The Bertz CT molecular complexity index is 583. The van der Waals surface area contributed by atoms with Crippen LogP contribution in [0.4, 0.5) is 0 Å². The predicted molar refractivity (Wildman–Crippen MR) is 73.3 cm³/mol. The summed E-state index contributed by atoms with van der Waals surface area (Å²) in [5, 5.41) is 3.08. The van der Waals surface area contributed by atoms with E-state index in [0.717, 1.165) is 13.0 Å². The molecule has 102 valence electrons. The fourth-order valence-electron chi connectivity index (χ4n) is 2.71. The molecular formula is C13H17N3O2S. The Hall–Kier alpha value is -1.56. The van der Waals surface area contributed by atoms with E-state index in [4.69, 9.17) is 0 Å². The van der Waals surface area contributed by atoms with Gasteiger partial charge in [0, 0.05) is 6.54 Å². The molecule has 1 saturated carbocycles. The first-order chi connectivity index (χ1) is 9.15. The molecule has 3 rings (SSSR count). The molecule has 2 N–H and O–H groups in total. The lowest BCUT2D eigenvalue weighted by Crippen LogP contribution is -2.47. The van der Waals surface area contributed by atoms with Gasteiger partial charge in [0.15, 0.2) is 0 Å². The Kier molecular flexibility index (Phi) is 3.18. The van der Waals surface area contributed by atoms with Crippen molar-refractivity contribution in [2.45, 2.75) is 30.2 Å². The normalized spacial score (nSPS) is 26.2. The van der Waals surface area contributed by atoms with Crippen LogP contribution in [0.3, 0.4) is 0 Å². The topological polar surface area (TPSA) is 70.6 Å². The number of hydrogen-bond acceptors (Lipinski definition) is 4. The maximum absolute atomic E-state index is 12.2. The standard InChI is InChI=1S/C13H17N3O2S/c17-19(18,11-6-2-1-3-7-11)16-13-14-9-10-5-4-8-12(10)15-13/h1-3,6-7,10,12H,4-5,8-9H2,(H2,14,15,16)/t10-,12+/m1/s1. The van der Waals surface area contributed by atoms with Crippen molar-refractivity contribution in [2.75, 3.05) is 6.54 Å². The van der Waals surface area contributed by atoms with Gasteiger partial charge >= 0.3 is 0 Å². The number of guanidine groups is 1. The van der Waals surface area contributed by atoms with Gasteiger partial charge in [-0.15, -0.1) is 0 Å². The van der Waals surface area contributed by atoms with Gasteiger partial charge in [-0.3, -0.25) is 0 Å². The Morgan fingerprint density at radius 1 is 1.21 bits per heavy atom. The maximum atomic E-state index is 12.2. The second-order valence-corrected chi connectivity index (χ2v) is 6.72. The lowest BCUT2D eigenvalue weighted by molar-refractivity contribution is 0.449. The first-order valence-electron chi connectivity index (χ1n) is 6.55. The van der Waals surface area contributed by atoms with E-state index >= 15 is 0 Å². The minimum Gasteiger partial charge on any atom is -0.355 e. The van der Waals surface area contributed by atoms with Crippen molar-refractivity contribution in [2.24, 2.45) is 10.9 Å². The SMILES string of the molecule is O=S(=O)(NC1=N[C@H]2CCC[C@@H]2CN1)c1ccccc1. The minimum absolute atomic E-state index is 0.257. The highest BCUT2D eigenvalue weighted by Gasteiger charge is 2.31. The van der Waals surface area contributed by atoms with Crippen molar-refractivity contribution in [1.29, 1.82) is 0 Å². The minimum atomic E-state index is -3.53. The van der Waals surface area contributed by atoms with Crippen LogP contribution in [-0.2, 0) is 10.0 Å². The monoisotopic (exact) mass is 279 g/mol. The number of benzene rings is 1. The second kappa shape index (κ2) is 4.85. The smallest absolute Gasteiger partial charge is 0.264 e. The summed E-state index contributed by atoms with van der Waals surface area (Å²) < 4.78 is 26.9. The highest BCUT2D eigenvalue weighted by Crippen LogP contribution is 2.29. The van der Waals surface area contributed by atoms with Crippen molar-refractivity contribution in [3.63, 3.8) is 0 Å². The van der Waals surface area contributed by atoms with E-state index in [-0.39, 0.29) is 10.9 Å². The third kappa shape index (κ3) is 2.58. The zero-order chi connectivity index (χ0) is 13.3. The van der Waals surface area contributed by atoms with Gasteiger partial charge in [0.05, 0.1) is 10.9 Å². The molecule has 0 bridgehead atoms.